The summed E-state index contributed by atoms with van der Waals surface area (Å²) in [5.41, 5.74) is 5.81. The monoisotopic (exact) mass is 402 g/mol. The van der Waals surface area contributed by atoms with E-state index >= 15 is 0 Å². The number of methoxy groups -OCH3 is 1. The van der Waals surface area contributed by atoms with E-state index in [1.807, 2.05) is 60.7 Å². The van der Waals surface area contributed by atoms with Crippen molar-refractivity contribution in [1.82, 2.24) is 5.43 Å². The summed E-state index contributed by atoms with van der Waals surface area (Å²) < 4.78 is 10.1. The Hall–Kier alpha value is -3.93. The lowest BCUT2D eigenvalue weighted by atomic mass is 10.0. The normalized spacial score (nSPS) is 10.0. The van der Waals surface area contributed by atoms with Gasteiger partial charge in [0.25, 0.3) is 5.91 Å². The molecule has 3 aromatic carbocycles. The number of hydrogen-bond donors (Lipinski definition) is 1. The maximum atomic E-state index is 12.2. The van der Waals surface area contributed by atoms with Crippen molar-refractivity contribution in [2.24, 2.45) is 5.10 Å². The lowest BCUT2D eigenvalue weighted by Crippen LogP contribution is -2.26. The van der Waals surface area contributed by atoms with Crippen molar-refractivity contribution in [1.29, 1.82) is 0 Å². The van der Waals surface area contributed by atoms with Crippen LogP contribution in [0.4, 0.5) is 0 Å². The van der Waals surface area contributed by atoms with Gasteiger partial charge >= 0.3 is 5.97 Å². The third-order valence-electron chi connectivity index (χ3n) is 4.26. The van der Waals surface area contributed by atoms with Crippen molar-refractivity contribution in [3.8, 4) is 5.75 Å². The van der Waals surface area contributed by atoms with Gasteiger partial charge in [-0.15, -0.1) is 0 Å². The number of hydrogen-bond acceptors (Lipinski definition) is 5. The highest BCUT2D eigenvalue weighted by molar-refractivity contribution is 6.13. The number of ether oxygens (including phenoxy) is 2. The Morgan fingerprint density at radius 2 is 1.40 bits per heavy atom. The van der Waals surface area contributed by atoms with Crippen molar-refractivity contribution in [2.45, 2.75) is 6.42 Å². The maximum Gasteiger partial charge on any atom is 0.309 e. The third kappa shape index (κ3) is 6.04. The summed E-state index contributed by atoms with van der Waals surface area (Å²) in [6.07, 6.45) is 0.188. The molecule has 0 saturated heterocycles. The molecule has 0 aromatic heterocycles. The lowest BCUT2D eigenvalue weighted by molar-refractivity contribution is -0.139. The van der Waals surface area contributed by atoms with Crippen molar-refractivity contribution in [3.63, 3.8) is 0 Å². The molecule has 0 fully saturated rings. The van der Waals surface area contributed by atoms with Crippen molar-refractivity contribution in [3.05, 3.63) is 102 Å². The molecule has 0 unspecified atom stereocenters. The minimum absolute atomic E-state index is 0.184. The first kappa shape index (κ1) is 20.8. The van der Waals surface area contributed by atoms with E-state index in [1.165, 1.54) is 7.11 Å². The van der Waals surface area contributed by atoms with E-state index in [9.17, 15) is 9.59 Å². The molecule has 0 spiro atoms. The van der Waals surface area contributed by atoms with Gasteiger partial charge in [0.1, 0.15) is 5.75 Å². The van der Waals surface area contributed by atoms with Gasteiger partial charge in [-0.3, -0.25) is 9.59 Å². The Labute approximate surface area is 175 Å². The lowest BCUT2D eigenvalue weighted by Gasteiger charge is -2.09. The fourth-order valence-electron chi connectivity index (χ4n) is 2.73. The van der Waals surface area contributed by atoms with Gasteiger partial charge in [0.05, 0.1) is 19.2 Å². The molecule has 0 aliphatic heterocycles. The second-order valence-electron chi connectivity index (χ2n) is 6.41. The first-order valence-corrected chi connectivity index (χ1v) is 9.41. The molecular weight excluding hydrogens is 380 g/mol. The Morgan fingerprint density at radius 3 is 1.93 bits per heavy atom. The standard InChI is InChI=1S/C24H22N2O4/c1-29-23(28)16-18-12-14-21(15-13-18)30-17-22(27)25-26-24(19-8-4-2-5-9-19)20-10-6-3-7-11-20/h2-15H,16-17H2,1H3,(H,25,27). The second-order valence-corrected chi connectivity index (χ2v) is 6.41. The molecule has 1 N–H and O–H groups in total. The Bertz CT molecular complexity index is 959. The number of hydrazone groups is 1. The highest BCUT2D eigenvalue weighted by Crippen LogP contribution is 2.13. The Morgan fingerprint density at radius 1 is 0.833 bits per heavy atom. The largest absolute Gasteiger partial charge is 0.484 e. The smallest absolute Gasteiger partial charge is 0.309 e. The minimum atomic E-state index is -0.377. The zero-order chi connectivity index (χ0) is 21.2. The van der Waals surface area contributed by atoms with E-state index in [2.05, 4.69) is 15.3 Å². The number of carbonyl (C=O) groups excluding carboxylic acids is 2. The summed E-state index contributed by atoms with van der Waals surface area (Å²) >= 11 is 0. The third-order valence-corrected chi connectivity index (χ3v) is 4.26. The van der Waals surface area contributed by atoms with Crippen LogP contribution >= 0.6 is 0 Å². The predicted molar refractivity (Wildman–Crippen MR) is 114 cm³/mol. The predicted octanol–water partition coefficient (Wildman–Crippen LogP) is 3.35. The fraction of sp³-hybridized carbons (Fsp3) is 0.125. The summed E-state index contributed by atoms with van der Waals surface area (Å²) in [7, 11) is 1.35. The van der Waals surface area contributed by atoms with E-state index < -0.39 is 0 Å². The van der Waals surface area contributed by atoms with E-state index in [4.69, 9.17) is 4.74 Å². The highest BCUT2D eigenvalue weighted by Gasteiger charge is 2.09. The quantitative estimate of drug-likeness (QED) is 0.356. The van der Waals surface area contributed by atoms with Gasteiger partial charge in [-0.25, -0.2) is 5.43 Å². The molecule has 3 aromatic rings. The number of amides is 1. The molecule has 0 aliphatic carbocycles. The number of nitrogens with one attached hydrogen (secondary N) is 1. The molecular formula is C24H22N2O4. The SMILES string of the molecule is COC(=O)Cc1ccc(OCC(=O)NN=C(c2ccccc2)c2ccccc2)cc1. The van der Waals surface area contributed by atoms with Gasteiger partial charge in [-0.05, 0) is 17.7 Å². The van der Waals surface area contributed by atoms with Crippen molar-refractivity contribution < 1.29 is 19.1 Å². The number of benzene rings is 3. The number of nitrogens with zero attached hydrogens (tertiary/aromatic N) is 1. The van der Waals surface area contributed by atoms with Crippen LogP contribution in [0, 0.1) is 0 Å². The van der Waals surface area contributed by atoms with E-state index in [1.54, 1.807) is 24.3 Å². The zero-order valence-electron chi connectivity index (χ0n) is 16.6. The summed E-state index contributed by atoms with van der Waals surface area (Å²) in [4.78, 5) is 23.5. The van der Waals surface area contributed by atoms with Gasteiger partial charge in [0.2, 0.25) is 0 Å². The van der Waals surface area contributed by atoms with Crippen LogP contribution in [0.15, 0.2) is 90.0 Å². The number of rotatable bonds is 8. The molecule has 0 bridgehead atoms. The first-order valence-electron chi connectivity index (χ1n) is 9.41. The first-order chi connectivity index (χ1) is 14.7. The molecule has 3 rings (SSSR count). The highest BCUT2D eigenvalue weighted by atomic mass is 16.5. The van der Waals surface area contributed by atoms with Gasteiger partial charge in [-0.1, -0.05) is 72.8 Å². The maximum absolute atomic E-state index is 12.2. The van der Waals surface area contributed by atoms with E-state index in [-0.39, 0.29) is 24.9 Å². The van der Waals surface area contributed by atoms with Crippen LogP contribution in [-0.4, -0.2) is 31.3 Å². The molecule has 152 valence electrons. The number of carbonyl (C=O) groups is 2. The van der Waals surface area contributed by atoms with E-state index in [0.29, 0.717) is 11.5 Å². The van der Waals surface area contributed by atoms with Crippen LogP contribution in [0.2, 0.25) is 0 Å². The van der Waals surface area contributed by atoms with Crippen molar-refractivity contribution >= 4 is 17.6 Å². The Balaban J connectivity index is 1.61. The van der Waals surface area contributed by atoms with Crippen LogP contribution in [0.1, 0.15) is 16.7 Å². The molecule has 0 radical (unpaired) electrons. The van der Waals surface area contributed by atoms with E-state index in [0.717, 1.165) is 16.7 Å². The molecule has 0 aliphatic rings. The zero-order valence-corrected chi connectivity index (χ0v) is 16.6. The minimum Gasteiger partial charge on any atom is -0.484 e. The van der Waals surface area contributed by atoms with Gasteiger partial charge < -0.3 is 9.47 Å². The molecule has 0 heterocycles. The van der Waals surface area contributed by atoms with Crippen molar-refractivity contribution in [2.75, 3.05) is 13.7 Å². The number of esters is 1. The van der Waals surface area contributed by atoms with Gasteiger partial charge in [-0.2, -0.15) is 5.10 Å². The Kier molecular flexibility index (Phi) is 7.33. The van der Waals surface area contributed by atoms with Crippen LogP contribution < -0.4 is 10.2 Å². The van der Waals surface area contributed by atoms with Gasteiger partial charge in [0.15, 0.2) is 6.61 Å². The van der Waals surface area contributed by atoms with Crippen LogP contribution in [-0.2, 0) is 20.7 Å². The fourth-order valence-corrected chi connectivity index (χ4v) is 2.73. The average Bonchev–Trinajstić information content (AvgIpc) is 2.80. The summed E-state index contributed by atoms with van der Waals surface area (Å²) in [6, 6.07) is 26.2. The second kappa shape index (κ2) is 10.6. The molecule has 0 atom stereocenters. The van der Waals surface area contributed by atoms with Crippen LogP contribution in [0.25, 0.3) is 0 Å². The summed E-state index contributed by atoms with van der Waals surface area (Å²) in [6.45, 7) is -0.184. The summed E-state index contributed by atoms with van der Waals surface area (Å²) in [5.74, 6) is -0.166. The average molecular weight is 402 g/mol. The van der Waals surface area contributed by atoms with Gasteiger partial charge in [0, 0.05) is 11.1 Å². The van der Waals surface area contributed by atoms with Crippen LogP contribution in [0.5, 0.6) is 5.75 Å². The van der Waals surface area contributed by atoms with Crippen LogP contribution in [0.3, 0.4) is 0 Å². The summed E-state index contributed by atoms with van der Waals surface area (Å²) in [5, 5.41) is 4.32. The molecule has 0 saturated carbocycles. The molecule has 6 nitrogen and oxygen atoms in total. The molecule has 1 amide bonds. The topological polar surface area (TPSA) is 77.0 Å². The molecule has 6 heteroatoms. The molecule has 30 heavy (non-hydrogen) atoms.